The van der Waals surface area contributed by atoms with Crippen molar-refractivity contribution in [2.45, 2.75) is 50.2 Å². The summed E-state index contributed by atoms with van der Waals surface area (Å²) in [4.78, 5) is 40.1. The Hall–Kier alpha value is -2.19. The lowest BCUT2D eigenvalue weighted by atomic mass is 9.76. The third kappa shape index (κ3) is 2.86. The smallest absolute Gasteiger partial charge is 0.342 e. The van der Waals surface area contributed by atoms with Crippen LogP contribution in [-0.2, 0) is 30.1 Å². The van der Waals surface area contributed by atoms with Gasteiger partial charge in [-0.25, -0.2) is 4.79 Å². The Balaban J connectivity index is 2.09. The van der Waals surface area contributed by atoms with E-state index in [9.17, 15) is 14.4 Å². The van der Waals surface area contributed by atoms with E-state index in [-0.39, 0.29) is 12.5 Å². The molecule has 0 aliphatic carbocycles. The molecule has 2 aliphatic heterocycles. The third-order valence-electron chi connectivity index (χ3n) is 6.10. The van der Waals surface area contributed by atoms with Gasteiger partial charge >= 0.3 is 5.97 Å². The van der Waals surface area contributed by atoms with Crippen molar-refractivity contribution < 1.29 is 28.3 Å². The number of likely N-dealkylation sites (tertiary alicyclic amines) is 1. The number of benzene rings is 1. The SMILES string of the molecule is COC(=O)[C@]1(C=O)N(Cc2ccc(OC)cc2)C(=O)[C@@H]2CC[Si](C)(C)O[C@@]21C. The standard InChI is InChI=1S/C20H27NO6Si/c1-19-16(10-11-28(4,5)27-19)17(23)21(20(19,13-22)18(24)26-3)12-14-6-8-15(25-2)9-7-14/h6-9,13,16H,10-12H2,1-5H3/t16-,19-,20-/m0/s1. The Kier molecular flexibility index (Phi) is 5.14. The Labute approximate surface area is 166 Å². The van der Waals surface area contributed by atoms with Crippen LogP contribution in [0.25, 0.3) is 0 Å². The van der Waals surface area contributed by atoms with Crippen LogP contribution in [-0.4, -0.2) is 56.7 Å². The van der Waals surface area contributed by atoms with Gasteiger partial charge in [-0.2, -0.15) is 0 Å². The van der Waals surface area contributed by atoms with Gasteiger partial charge in [0.1, 0.15) is 11.4 Å². The average Bonchev–Trinajstić information content (AvgIpc) is 2.84. The molecule has 7 nitrogen and oxygen atoms in total. The lowest BCUT2D eigenvalue weighted by molar-refractivity contribution is -0.170. The van der Waals surface area contributed by atoms with Crippen LogP contribution in [0.5, 0.6) is 5.75 Å². The molecule has 0 bridgehead atoms. The maximum absolute atomic E-state index is 13.3. The lowest BCUT2D eigenvalue weighted by Gasteiger charge is -2.49. The number of nitrogens with zero attached hydrogens (tertiary/aromatic N) is 1. The van der Waals surface area contributed by atoms with E-state index in [4.69, 9.17) is 13.9 Å². The molecule has 1 amide bonds. The quantitative estimate of drug-likeness (QED) is 0.323. The normalized spacial score (nSPS) is 31.2. The van der Waals surface area contributed by atoms with E-state index in [2.05, 4.69) is 0 Å². The van der Waals surface area contributed by atoms with Crippen molar-refractivity contribution in [3.05, 3.63) is 29.8 Å². The predicted octanol–water partition coefficient (Wildman–Crippen LogP) is 2.15. The largest absolute Gasteiger partial charge is 0.497 e. The molecule has 2 heterocycles. The highest BCUT2D eigenvalue weighted by molar-refractivity contribution is 6.71. The molecule has 2 saturated heterocycles. The molecule has 8 heteroatoms. The molecule has 0 aromatic heterocycles. The van der Waals surface area contributed by atoms with Gasteiger partial charge in [0, 0.05) is 6.54 Å². The third-order valence-corrected chi connectivity index (χ3v) is 8.57. The number of esters is 1. The summed E-state index contributed by atoms with van der Waals surface area (Å²) in [5, 5.41) is 0. The van der Waals surface area contributed by atoms with E-state index in [1.807, 2.05) is 25.2 Å². The molecule has 2 aliphatic rings. The van der Waals surface area contributed by atoms with Crippen LogP contribution in [0.3, 0.4) is 0 Å². The van der Waals surface area contributed by atoms with E-state index in [0.29, 0.717) is 18.5 Å². The van der Waals surface area contributed by atoms with Crippen LogP contribution in [0.1, 0.15) is 18.9 Å². The molecule has 0 unspecified atom stereocenters. The van der Waals surface area contributed by atoms with Crippen LogP contribution in [0.15, 0.2) is 24.3 Å². The molecular formula is C20H27NO6Si. The molecule has 0 saturated carbocycles. The molecule has 1 aromatic rings. The summed E-state index contributed by atoms with van der Waals surface area (Å²) in [7, 11) is 0.661. The second kappa shape index (κ2) is 7.00. The summed E-state index contributed by atoms with van der Waals surface area (Å²) in [6.07, 6.45) is 1.14. The Morgan fingerprint density at radius 2 is 1.96 bits per heavy atom. The summed E-state index contributed by atoms with van der Waals surface area (Å²) >= 11 is 0. The van der Waals surface area contributed by atoms with Crippen molar-refractivity contribution in [1.82, 2.24) is 4.90 Å². The zero-order valence-electron chi connectivity index (χ0n) is 17.0. The molecule has 152 valence electrons. The maximum atomic E-state index is 13.3. The molecule has 0 spiro atoms. The molecule has 0 radical (unpaired) electrons. The number of amides is 1. The highest BCUT2D eigenvalue weighted by Gasteiger charge is 2.73. The first-order valence-corrected chi connectivity index (χ1v) is 12.5. The second-order valence-corrected chi connectivity index (χ2v) is 12.4. The van der Waals surface area contributed by atoms with Crippen LogP contribution in [0, 0.1) is 5.92 Å². The van der Waals surface area contributed by atoms with Crippen LogP contribution < -0.4 is 4.74 Å². The maximum Gasteiger partial charge on any atom is 0.342 e. The van der Waals surface area contributed by atoms with Crippen molar-refractivity contribution in [2.75, 3.05) is 14.2 Å². The Bertz CT molecular complexity index is 794. The molecule has 28 heavy (non-hydrogen) atoms. The number of hydrogen-bond acceptors (Lipinski definition) is 6. The summed E-state index contributed by atoms with van der Waals surface area (Å²) < 4.78 is 16.6. The highest BCUT2D eigenvalue weighted by Crippen LogP contribution is 2.52. The summed E-state index contributed by atoms with van der Waals surface area (Å²) in [6.45, 7) is 5.90. The number of ether oxygens (including phenoxy) is 2. The van der Waals surface area contributed by atoms with Gasteiger partial charge in [0.05, 0.1) is 20.1 Å². The molecular weight excluding hydrogens is 378 g/mol. The second-order valence-electron chi connectivity index (χ2n) is 8.21. The van der Waals surface area contributed by atoms with Gasteiger partial charge in [-0.3, -0.25) is 9.59 Å². The van der Waals surface area contributed by atoms with Crippen molar-refractivity contribution in [3.63, 3.8) is 0 Å². The molecule has 3 rings (SSSR count). The molecule has 3 atom stereocenters. The van der Waals surface area contributed by atoms with Crippen LogP contribution in [0.2, 0.25) is 19.1 Å². The zero-order valence-corrected chi connectivity index (χ0v) is 18.0. The van der Waals surface area contributed by atoms with Gasteiger partial charge in [0.25, 0.3) is 0 Å². The first-order chi connectivity index (χ1) is 13.1. The topological polar surface area (TPSA) is 82.1 Å². The van der Waals surface area contributed by atoms with Crippen LogP contribution >= 0.6 is 0 Å². The number of fused-ring (bicyclic) bond motifs is 1. The number of rotatable bonds is 5. The van der Waals surface area contributed by atoms with Gasteiger partial charge in [-0.1, -0.05) is 12.1 Å². The number of aldehydes is 1. The van der Waals surface area contributed by atoms with Crippen molar-refractivity contribution in [1.29, 1.82) is 0 Å². The fourth-order valence-corrected chi connectivity index (χ4v) is 7.14. The average molecular weight is 406 g/mol. The van der Waals surface area contributed by atoms with Crippen molar-refractivity contribution in [3.8, 4) is 5.75 Å². The first kappa shape index (κ1) is 20.5. The van der Waals surface area contributed by atoms with E-state index < -0.39 is 31.3 Å². The van der Waals surface area contributed by atoms with E-state index in [1.54, 1.807) is 26.2 Å². The molecule has 0 N–H and O–H groups in total. The first-order valence-electron chi connectivity index (χ1n) is 9.34. The number of methoxy groups -OCH3 is 2. The molecule has 1 aromatic carbocycles. The lowest BCUT2D eigenvalue weighted by Crippen LogP contribution is -2.69. The van der Waals surface area contributed by atoms with Crippen LogP contribution in [0.4, 0.5) is 0 Å². The Morgan fingerprint density at radius 1 is 1.32 bits per heavy atom. The van der Waals surface area contributed by atoms with Crippen molar-refractivity contribution in [2.24, 2.45) is 5.92 Å². The molecule has 2 fully saturated rings. The zero-order chi connectivity index (χ0) is 20.7. The minimum absolute atomic E-state index is 0.105. The number of hydrogen-bond donors (Lipinski definition) is 0. The monoisotopic (exact) mass is 405 g/mol. The van der Waals surface area contributed by atoms with Gasteiger partial charge in [-0.05, 0) is 50.2 Å². The fourth-order valence-electron chi connectivity index (χ4n) is 4.61. The van der Waals surface area contributed by atoms with E-state index in [0.717, 1.165) is 11.6 Å². The minimum atomic E-state index is -2.14. The van der Waals surface area contributed by atoms with E-state index >= 15 is 0 Å². The Morgan fingerprint density at radius 3 is 2.50 bits per heavy atom. The van der Waals surface area contributed by atoms with Gasteiger partial charge in [-0.15, -0.1) is 0 Å². The van der Waals surface area contributed by atoms with Gasteiger partial charge in [0.2, 0.25) is 11.4 Å². The fraction of sp³-hybridized carbons (Fsp3) is 0.550. The van der Waals surface area contributed by atoms with Gasteiger partial charge in [0.15, 0.2) is 14.6 Å². The predicted molar refractivity (Wildman–Crippen MR) is 104 cm³/mol. The summed E-state index contributed by atoms with van der Waals surface area (Å²) in [5.74, 6) is -0.889. The summed E-state index contributed by atoms with van der Waals surface area (Å²) in [6, 6.07) is 7.97. The number of carbonyl (C=O) groups excluding carboxylic acids is 3. The minimum Gasteiger partial charge on any atom is -0.497 e. The summed E-state index contributed by atoms with van der Waals surface area (Å²) in [5.41, 5.74) is -2.28. The van der Waals surface area contributed by atoms with Crippen molar-refractivity contribution >= 4 is 26.5 Å². The highest BCUT2D eigenvalue weighted by atomic mass is 28.4. The van der Waals surface area contributed by atoms with E-state index in [1.165, 1.54) is 12.0 Å². The van der Waals surface area contributed by atoms with Gasteiger partial charge < -0.3 is 18.8 Å². The number of carbonyl (C=O) groups is 3.